The minimum absolute atomic E-state index is 0.0317. The Morgan fingerprint density at radius 1 is 1.21 bits per heavy atom. The Morgan fingerprint density at radius 2 is 2.00 bits per heavy atom. The van der Waals surface area contributed by atoms with Gasteiger partial charge in [0.25, 0.3) is 5.91 Å². The summed E-state index contributed by atoms with van der Waals surface area (Å²) < 4.78 is 28.8. The molecule has 2 N–H and O–H groups in total. The number of aromatic amines is 1. The second-order valence-electron chi connectivity index (χ2n) is 6.63. The molecule has 28 heavy (non-hydrogen) atoms. The van der Waals surface area contributed by atoms with E-state index in [0.717, 1.165) is 17.3 Å². The molecule has 4 rings (SSSR count). The molecule has 1 amide bonds. The van der Waals surface area contributed by atoms with Gasteiger partial charge in [-0.05, 0) is 43.2 Å². The number of benzene rings is 1. The van der Waals surface area contributed by atoms with Crippen LogP contribution in [0.5, 0.6) is 0 Å². The third kappa shape index (κ3) is 3.57. The van der Waals surface area contributed by atoms with Crippen molar-refractivity contribution in [1.82, 2.24) is 19.6 Å². The van der Waals surface area contributed by atoms with Crippen LogP contribution in [-0.2, 0) is 16.6 Å². The van der Waals surface area contributed by atoms with E-state index in [-0.39, 0.29) is 17.1 Å². The zero-order valence-electron chi connectivity index (χ0n) is 15.0. The number of carbonyl (C=O) groups excluding carboxylic acids is 1. The molecule has 2 aromatic heterocycles. The predicted octanol–water partition coefficient (Wildman–Crippen LogP) is 3.04. The SMILES string of the molecule is O=C(NCc1ccccn1)c1[nH]c2ccc(Br)cc2c1S(=O)(=O)N1CCCC1. The summed E-state index contributed by atoms with van der Waals surface area (Å²) in [5.41, 5.74) is 1.35. The second-order valence-corrected chi connectivity index (χ2v) is 9.42. The maximum absolute atomic E-state index is 13.3. The first kappa shape index (κ1) is 19.1. The van der Waals surface area contributed by atoms with Gasteiger partial charge >= 0.3 is 0 Å². The van der Waals surface area contributed by atoms with Crippen LogP contribution in [0.3, 0.4) is 0 Å². The molecule has 0 unspecified atom stereocenters. The molecule has 0 atom stereocenters. The Labute approximate surface area is 171 Å². The molecule has 0 saturated carbocycles. The van der Waals surface area contributed by atoms with Gasteiger partial charge in [0.15, 0.2) is 0 Å². The number of nitrogens with zero attached hydrogens (tertiary/aromatic N) is 2. The number of pyridine rings is 1. The highest BCUT2D eigenvalue weighted by atomic mass is 79.9. The third-order valence-electron chi connectivity index (χ3n) is 4.76. The number of halogens is 1. The van der Waals surface area contributed by atoms with Crippen LogP contribution in [-0.4, -0.2) is 41.7 Å². The van der Waals surface area contributed by atoms with Gasteiger partial charge < -0.3 is 10.3 Å². The summed E-state index contributed by atoms with van der Waals surface area (Å²) >= 11 is 3.39. The molecule has 3 heterocycles. The number of fused-ring (bicyclic) bond motifs is 1. The van der Waals surface area contributed by atoms with Crippen molar-refractivity contribution in [2.75, 3.05) is 13.1 Å². The summed E-state index contributed by atoms with van der Waals surface area (Å²) in [6, 6.07) is 10.7. The van der Waals surface area contributed by atoms with E-state index < -0.39 is 15.9 Å². The Balaban J connectivity index is 1.76. The van der Waals surface area contributed by atoms with Gasteiger partial charge in [0, 0.05) is 34.7 Å². The van der Waals surface area contributed by atoms with Crippen LogP contribution in [0.4, 0.5) is 0 Å². The van der Waals surface area contributed by atoms with Crippen molar-refractivity contribution in [2.45, 2.75) is 24.3 Å². The standard InChI is InChI=1S/C19H19BrN4O3S/c20-13-6-7-16-15(11-13)18(28(26,27)24-9-3-4-10-24)17(23-16)19(25)22-12-14-5-1-2-8-21-14/h1-2,5-8,11,23H,3-4,9-10,12H2,(H,22,25). The molecule has 146 valence electrons. The molecule has 1 aliphatic heterocycles. The van der Waals surface area contributed by atoms with Crippen LogP contribution in [0.15, 0.2) is 52.0 Å². The first-order chi connectivity index (χ1) is 13.5. The van der Waals surface area contributed by atoms with E-state index in [4.69, 9.17) is 0 Å². The van der Waals surface area contributed by atoms with E-state index in [1.165, 1.54) is 4.31 Å². The highest BCUT2D eigenvalue weighted by Gasteiger charge is 2.34. The topological polar surface area (TPSA) is 95.2 Å². The van der Waals surface area contributed by atoms with Crippen molar-refractivity contribution in [1.29, 1.82) is 0 Å². The van der Waals surface area contributed by atoms with Gasteiger partial charge in [0.05, 0.1) is 12.2 Å². The van der Waals surface area contributed by atoms with Gasteiger partial charge in [-0.2, -0.15) is 4.31 Å². The van der Waals surface area contributed by atoms with E-state index in [0.29, 0.717) is 29.7 Å². The zero-order valence-corrected chi connectivity index (χ0v) is 17.4. The molecule has 7 nitrogen and oxygen atoms in total. The van der Waals surface area contributed by atoms with Crippen LogP contribution in [0.25, 0.3) is 10.9 Å². The van der Waals surface area contributed by atoms with Crippen molar-refractivity contribution in [3.05, 3.63) is 58.5 Å². The molecule has 1 saturated heterocycles. The smallest absolute Gasteiger partial charge is 0.269 e. The normalized spacial score (nSPS) is 15.2. The Hall–Kier alpha value is -2.23. The summed E-state index contributed by atoms with van der Waals surface area (Å²) in [5, 5.41) is 3.27. The molecule has 0 spiro atoms. The van der Waals surface area contributed by atoms with Gasteiger partial charge in [0.2, 0.25) is 10.0 Å². The Bertz CT molecular complexity index is 1120. The number of sulfonamides is 1. The van der Waals surface area contributed by atoms with Crippen LogP contribution < -0.4 is 5.32 Å². The maximum Gasteiger partial charge on any atom is 0.269 e. The van der Waals surface area contributed by atoms with Crippen molar-refractivity contribution in [3.8, 4) is 0 Å². The monoisotopic (exact) mass is 462 g/mol. The third-order valence-corrected chi connectivity index (χ3v) is 7.24. The zero-order chi connectivity index (χ0) is 19.7. The summed E-state index contributed by atoms with van der Waals surface area (Å²) in [4.78, 5) is 20.1. The number of hydrogen-bond donors (Lipinski definition) is 2. The molecule has 1 fully saturated rings. The maximum atomic E-state index is 13.3. The van der Waals surface area contributed by atoms with Crippen molar-refractivity contribution >= 4 is 42.8 Å². The lowest BCUT2D eigenvalue weighted by Crippen LogP contribution is -2.31. The molecule has 0 radical (unpaired) electrons. The highest BCUT2D eigenvalue weighted by Crippen LogP contribution is 2.33. The van der Waals surface area contributed by atoms with Crippen LogP contribution in [0.2, 0.25) is 0 Å². The molecule has 1 aliphatic rings. The molecule has 9 heteroatoms. The number of amides is 1. The predicted molar refractivity (Wildman–Crippen MR) is 109 cm³/mol. The Morgan fingerprint density at radius 3 is 2.71 bits per heavy atom. The highest BCUT2D eigenvalue weighted by molar-refractivity contribution is 9.10. The molecule has 0 bridgehead atoms. The number of nitrogens with one attached hydrogen (secondary N) is 2. The molecule has 3 aromatic rings. The lowest BCUT2D eigenvalue weighted by molar-refractivity contribution is 0.0943. The summed E-state index contributed by atoms with van der Waals surface area (Å²) in [6.45, 7) is 1.15. The van der Waals surface area contributed by atoms with E-state index in [1.807, 2.05) is 6.07 Å². The summed E-state index contributed by atoms with van der Waals surface area (Å²) in [5.74, 6) is -0.476. The molecule has 0 aliphatic carbocycles. The minimum Gasteiger partial charge on any atom is -0.349 e. The largest absolute Gasteiger partial charge is 0.349 e. The fourth-order valence-electron chi connectivity index (χ4n) is 3.39. The first-order valence-electron chi connectivity index (χ1n) is 8.96. The fourth-order valence-corrected chi connectivity index (χ4v) is 5.59. The summed E-state index contributed by atoms with van der Waals surface area (Å²) in [6.07, 6.45) is 3.30. The number of rotatable bonds is 5. The van der Waals surface area contributed by atoms with Gasteiger partial charge in [-0.25, -0.2) is 8.42 Å². The molecular formula is C19H19BrN4O3S. The molecule has 1 aromatic carbocycles. The number of carbonyl (C=O) groups is 1. The van der Waals surface area contributed by atoms with Gasteiger partial charge in [-0.15, -0.1) is 0 Å². The van der Waals surface area contributed by atoms with E-state index in [1.54, 1.807) is 36.5 Å². The lowest BCUT2D eigenvalue weighted by Gasteiger charge is -2.16. The van der Waals surface area contributed by atoms with E-state index in [9.17, 15) is 13.2 Å². The van der Waals surface area contributed by atoms with Crippen LogP contribution >= 0.6 is 15.9 Å². The van der Waals surface area contributed by atoms with Crippen LogP contribution in [0.1, 0.15) is 29.0 Å². The average molecular weight is 463 g/mol. The van der Waals surface area contributed by atoms with E-state index in [2.05, 4.69) is 31.2 Å². The average Bonchev–Trinajstić information content (AvgIpc) is 3.35. The van der Waals surface area contributed by atoms with Crippen molar-refractivity contribution in [3.63, 3.8) is 0 Å². The van der Waals surface area contributed by atoms with Gasteiger partial charge in [0.1, 0.15) is 10.6 Å². The van der Waals surface area contributed by atoms with Gasteiger partial charge in [-0.1, -0.05) is 22.0 Å². The first-order valence-corrected chi connectivity index (χ1v) is 11.2. The van der Waals surface area contributed by atoms with E-state index >= 15 is 0 Å². The van der Waals surface area contributed by atoms with Crippen molar-refractivity contribution < 1.29 is 13.2 Å². The Kier molecular flexibility index (Phi) is 5.22. The lowest BCUT2D eigenvalue weighted by atomic mass is 10.2. The van der Waals surface area contributed by atoms with Crippen LogP contribution in [0, 0.1) is 0 Å². The minimum atomic E-state index is -3.79. The second kappa shape index (κ2) is 7.65. The number of hydrogen-bond acceptors (Lipinski definition) is 4. The molecular weight excluding hydrogens is 444 g/mol. The summed E-state index contributed by atoms with van der Waals surface area (Å²) in [7, 11) is -3.79. The van der Waals surface area contributed by atoms with Gasteiger partial charge in [-0.3, -0.25) is 9.78 Å². The van der Waals surface area contributed by atoms with Crippen molar-refractivity contribution in [2.24, 2.45) is 0 Å². The number of H-pyrrole nitrogens is 1. The number of aromatic nitrogens is 2. The fraction of sp³-hybridized carbons (Fsp3) is 0.263. The quantitative estimate of drug-likeness (QED) is 0.608.